The minimum Gasteiger partial charge on any atom is -0.369 e. The van der Waals surface area contributed by atoms with Crippen molar-refractivity contribution in [2.75, 3.05) is 23.3 Å². The van der Waals surface area contributed by atoms with Gasteiger partial charge in [-0.2, -0.15) is 18.4 Å². The SMILES string of the molecule is Cc1ccc(N2CCc3ncnc(NCCc4ccc(C(F)(F)F)nc4)c3C2)c(C#N)c1. The fraction of sp³-hybridized carbons (Fsp3) is 0.304. The number of hydrogen-bond acceptors (Lipinski definition) is 6. The van der Waals surface area contributed by atoms with Gasteiger partial charge in [0.25, 0.3) is 0 Å². The molecule has 0 saturated carbocycles. The number of fused-ring (bicyclic) bond motifs is 1. The molecular formula is C23H21F3N6. The Balaban J connectivity index is 1.46. The van der Waals surface area contributed by atoms with E-state index in [4.69, 9.17) is 0 Å². The molecule has 32 heavy (non-hydrogen) atoms. The van der Waals surface area contributed by atoms with E-state index in [1.54, 1.807) is 0 Å². The lowest BCUT2D eigenvalue weighted by Gasteiger charge is -2.31. The second-order valence-electron chi connectivity index (χ2n) is 7.68. The first-order valence-electron chi connectivity index (χ1n) is 10.2. The predicted molar refractivity (Wildman–Crippen MR) is 114 cm³/mol. The van der Waals surface area contributed by atoms with Gasteiger partial charge in [0.1, 0.15) is 23.9 Å². The van der Waals surface area contributed by atoms with Crippen molar-refractivity contribution >= 4 is 11.5 Å². The summed E-state index contributed by atoms with van der Waals surface area (Å²) in [6.45, 7) is 3.76. The van der Waals surface area contributed by atoms with Crippen LogP contribution in [0.3, 0.4) is 0 Å². The van der Waals surface area contributed by atoms with Gasteiger partial charge in [0.05, 0.1) is 16.9 Å². The van der Waals surface area contributed by atoms with Crippen LogP contribution in [-0.4, -0.2) is 28.0 Å². The molecule has 0 atom stereocenters. The maximum Gasteiger partial charge on any atom is 0.433 e. The highest BCUT2D eigenvalue weighted by Crippen LogP contribution is 2.30. The summed E-state index contributed by atoms with van der Waals surface area (Å²) in [6.07, 6.45) is -0.435. The Bertz CT molecular complexity index is 1150. The quantitative estimate of drug-likeness (QED) is 0.641. The molecule has 1 aliphatic rings. The number of benzene rings is 1. The van der Waals surface area contributed by atoms with E-state index in [0.717, 1.165) is 41.5 Å². The van der Waals surface area contributed by atoms with Crippen molar-refractivity contribution in [2.24, 2.45) is 0 Å². The van der Waals surface area contributed by atoms with Crippen molar-refractivity contribution in [1.29, 1.82) is 5.26 Å². The fourth-order valence-corrected chi connectivity index (χ4v) is 3.78. The number of pyridine rings is 1. The van der Waals surface area contributed by atoms with Crippen LogP contribution in [0.1, 0.15) is 33.6 Å². The van der Waals surface area contributed by atoms with E-state index in [9.17, 15) is 18.4 Å². The Morgan fingerprint density at radius 2 is 2.00 bits per heavy atom. The molecule has 4 rings (SSSR count). The lowest BCUT2D eigenvalue weighted by molar-refractivity contribution is -0.141. The molecule has 0 fully saturated rings. The molecule has 9 heteroatoms. The van der Waals surface area contributed by atoms with Crippen molar-refractivity contribution in [1.82, 2.24) is 15.0 Å². The molecule has 1 aliphatic heterocycles. The number of alkyl halides is 3. The van der Waals surface area contributed by atoms with Crippen molar-refractivity contribution in [3.05, 3.63) is 76.5 Å². The summed E-state index contributed by atoms with van der Waals surface area (Å²) in [5.74, 6) is 0.699. The number of aromatic nitrogens is 3. The van der Waals surface area contributed by atoms with Gasteiger partial charge in [0, 0.05) is 37.8 Å². The molecule has 0 bridgehead atoms. The van der Waals surface area contributed by atoms with Crippen LogP contribution < -0.4 is 10.2 Å². The summed E-state index contributed by atoms with van der Waals surface area (Å²) in [4.78, 5) is 14.4. The number of halogens is 3. The van der Waals surface area contributed by atoms with Crippen LogP contribution in [0.5, 0.6) is 0 Å². The molecule has 3 heterocycles. The molecule has 0 saturated heterocycles. The first kappa shape index (κ1) is 21.6. The lowest BCUT2D eigenvalue weighted by atomic mass is 10.0. The summed E-state index contributed by atoms with van der Waals surface area (Å²) >= 11 is 0. The van der Waals surface area contributed by atoms with E-state index in [-0.39, 0.29) is 0 Å². The van der Waals surface area contributed by atoms with Gasteiger partial charge in [-0.15, -0.1) is 0 Å². The molecule has 6 nitrogen and oxygen atoms in total. The molecule has 0 unspecified atom stereocenters. The summed E-state index contributed by atoms with van der Waals surface area (Å²) in [5, 5.41) is 12.8. The Hall–Kier alpha value is -3.67. The van der Waals surface area contributed by atoms with Crippen molar-refractivity contribution < 1.29 is 13.2 Å². The topological polar surface area (TPSA) is 77.7 Å². The van der Waals surface area contributed by atoms with Crippen LogP contribution >= 0.6 is 0 Å². The van der Waals surface area contributed by atoms with Crippen LogP contribution in [0.2, 0.25) is 0 Å². The maximum absolute atomic E-state index is 12.7. The van der Waals surface area contributed by atoms with E-state index in [1.807, 2.05) is 25.1 Å². The number of aryl methyl sites for hydroxylation is 1. The van der Waals surface area contributed by atoms with E-state index in [0.29, 0.717) is 36.5 Å². The van der Waals surface area contributed by atoms with Gasteiger partial charge in [-0.05, 0) is 42.7 Å². The number of rotatable bonds is 5. The zero-order valence-corrected chi connectivity index (χ0v) is 17.4. The fourth-order valence-electron chi connectivity index (χ4n) is 3.78. The molecule has 2 aromatic heterocycles. The summed E-state index contributed by atoms with van der Waals surface area (Å²) in [6, 6.07) is 10.5. The van der Waals surface area contributed by atoms with E-state index in [2.05, 4.69) is 31.2 Å². The average molecular weight is 438 g/mol. The van der Waals surface area contributed by atoms with Gasteiger partial charge in [-0.3, -0.25) is 4.98 Å². The van der Waals surface area contributed by atoms with E-state index >= 15 is 0 Å². The molecule has 0 amide bonds. The number of nitriles is 1. The lowest BCUT2D eigenvalue weighted by Crippen LogP contribution is -2.32. The molecule has 0 radical (unpaired) electrons. The third-order valence-corrected chi connectivity index (χ3v) is 5.44. The summed E-state index contributed by atoms with van der Waals surface area (Å²) < 4.78 is 38.0. The van der Waals surface area contributed by atoms with Crippen LogP contribution in [0.4, 0.5) is 24.7 Å². The van der Waals surface area contributed by atoms with Gasteiger partial charge in [-0.25, -0.2) is 9.97 Å². The molecule has 164 valence electrons. The van der Waals surface area contributed by atoms with Crippen molar-refractivity contribution in [3.8, 4) is 6.07 Å². The van der Waals surface area contributed by atoms with Gasteiger partial charge < -0.3 is 10.2 Å². The number of hydrogen-bond donors (Lipinski definition) is 1. The Labute approximate surface area is 183 Å². The minimum absolute atomic E-state index is 0.491. The van der Waals surface area contributed by atoms with Crippen LogP contribution in [0.15, 0.2) is 42.9 Å². The summed E-state index contributed by atoms with van der Waals surface area (Å²) in [5.41, 5.74) is 4.28. The smallest absolute Gasteiger partial charge is 0.369 e. The predicted octanol–water partition coefficient (Wildman–Crippen LogP) is 4.29. The number of anilines is 2. The van der Waals surface area contributed by atoms with Gasteiger partial charge >= 0.3 is 6.18 Å². The third-order valence-electron chi connectivity index (χ3n) is 5.44. The zero-order valence-electron chi connectivity index (χ0n) is 17.4. The first-order valence-corrected chi connectivity index (χ1v) is 10.2. The van der Waals surface area contributed by atoms with Gasteiger partial charge in [0.2, 0.25) is 0 Å². The van der Waals surface area contributed by atoms with Gasteiger partial charge in [0.15, 0.2) is 0 Å². The highest BCUT2D eigenvalue weighted by molar-refractivity contribution is 5.62. The third kappa shape index (κ3) is 4.64. The molecule has 1 aromatic carbocycles. The zero-order chi connectivity index (χ0) is 22.7. The van der Waals surface area contributed by atoms with Crippen molar-refractivity contribution in [2.45, 2.75) is 32.5 Å². The van der Waals surface area contributed by atoms with Crippen LogP contribution in [0, 0.1) is 18.3 Å². The largest absolute Gasteiger partial charge is 0.433 e. The normalized spacial score (nSPS) is 13.4. The molecule has 3 aromatic rings. The second-order valence-corrected chi connectivity index (χ2v) is 7.68. The minimum atomic E-state index is -4.44. The second kappa shape index (κ2) is 8.83. The molecule has 1 N–H and O–H groups in total. The average Bonchev–Trinajstić information content (AvgIpc) is 2.78. The standard InChI is InChI=1S/C23H21F3N6/c1-15-2-4-20(17(10-15)11-27)32-9-7-19-18(13-32)22(31-14-30-19)28-8-6-16-3-5-21(29-12-16)23(24,25)26/h2-5,10,12,14H,6-9,13H2,1H3,(H,28,30,31). The molecule has 0 aliphatic carbocycles. The molecule has 0 spiro atoms. The first-order chi connectivity index (χ1) is 15.3. The Kier molecular flexibility index (Phi) is 5.95. The molecular weight excluding hydrogens is 417 g/mol. The van der Waals surface area contributed by atoms with E-state index < -0.39 is 11.9 Å². The highest BCUT2D eigenvalue weighted by Gasteiger charge is 2.32. The maximum atomic E-state index is 12.7. The monoisotopic (exact) mass is 438 g/mol. The number of nitrogens with zero attached hydrogens (tertiary/aromatic N) is 5. The van der Waals surface area contributed by atoms with Gasteiger partial charge in [-0.1, -0.05) is 12.1 Å². The van der Waals surface area contributed by atoms with E-state index in [1.165, 1.54) is 18.6 Å². The van der Waals surface area contributed by atoms with Crippen LogP contribution in [0.25, 0.3) is 0 Å². The summed E-state index contributed by atoms with van der Waals surface area (Å²) in [7, 11) is 0. The van der Waals surface area contributed by atoms with Crippen LogP contribution in [-0.2, 0) is 25.6 Å². The Morgan fingerprint density at radius 3 is 2.72 bits per heavy atom. The number of nitrogens with one attached hydrogen (secondary N) is 1. The highest BCUT2D eigenvalue weighted by atomic mass is 19.4. The Morgan fingerprint density at radius 1 is 1.16 bits per heavy atom. The van der Waals surface area contributed by atoms with Crippen molar-refractivity contribution in [3.63, 3.8) is 0 Å².